The van der Waals surface area contributed by atoms with Gasteiger partial charge in [0.25, 0.3) is 0 Å². The molecule has 0 aliphatic heterocycles. The summed E-state index contributed by atoms with van der Waals surface area (Å²) in [5, 5.41) is 19.1. The number of nitriles is 1. The Bertz CT molecular complexity index is 1180. The minimum absolute atomic E-state index is 0.0286. The van der Waals surface area contributed by atoms with E-state index < -0.39 is 12.6 Å². The lowest BCUT2D eigenvalue weighted by Gasteiger charge is -2.10. The molecule has 0 atom stereocenters. The summed E-state index contributed by atoms with van der Waals surface area (Å²) in [5.41, 5.74) is 2.94. The van der Waals surface area contributed by atoms with Gasteiger partial charge in [-0.25, -0.2) is 4.79 Å². The van der Waals surface area contributed by atoms with E-state index in [0.29, 0.717) is 16.9 Å². The Morgan fingerprint density at radius 2 is 2.03 bits per heavy atom. The standard InChI is InChI=1S/C23H20N2O5/c1-3-15-5-4-6-17-18(12-25-22(15)17)23(28)16(11-24)9-14-7-8-19(20(10-14)29-2)30-13-21(26)27/h4-10,12,25H,3,13H2,1-2H3,(H,26,27)/b16-9+. The third-order valence-corrected chi connectivity index (χ3v) is 4.64. The van der Waals surface area contributed by atoms with E-state index in [1.54, 1.807) is 18.3 Å². The Hall–Kier alpha value is -4.05. The molecule has 1 aromatic heterocycles. The van der Waals surface area contributed by atoms with Crippen molar-refractivity contribution in [2.24, 2.45) is 0 Å². The van der Waals surface area contributed by atoms with Crippen molar-refractivity contribution in [3.63, 3.8) is 0 Å². The molecule has 152 valence electrons. The number of fused-ring (bicyclic) bond motifs is 1. The molecular weight excluding hydrogens is 384 g/mol. The van der Waals surface area contributed by atoms with Crippen LogP contribution in [0.2, 0.25) is 0 Å². The van der Waals surface area contributed by atoms with Crippen molar-refractivity contribution < 1.29 is 24.2 Å². The molecule has 0 aliphatic rings. The van der Waals surface area contributed by atoms with Crippen molar-refractivity contribution in [3.8, 4) is 17.6 Å². The number of allylic oxidation sites excluding steroid dienone is 1. The van der Waals surface area contributed by atoms with E-state index in [2.05, 4.69) is 4.98 Å². The number of aromatic nitrogens is 1. The van der Waals surface area contributed by atoms with Gasteiger partial charge in [0.1, 0.15) is 11.6 Å². The van der Waals surface area contributed by atoms with Crippen molar-refractivity contribution in [3.05, 3.63) is 64.9 Å². The number of carbonyl (C=O) groups excluding carboxylic acids is 1. The summed E-state index contributed by atoms with van der Waals surface area (Å²) >= 11 is 0. The number of carbonyl (C=O) groups is 2. The monoisotopic (exact) mass is 404 g/mol. The molecule has 7 nitrogen and oxygen atoms in total. The van der Waals surface area contributed by atoms with E-state index >= 15 is 0 Å². The van der Waals surface area contributed by atoms with E-state index in [4.69, 9.17) is 14.6 Å². The highest BCUT2D eigenvalue weighted by atomic mass is 16.5. The summed E-state index contributed by atoms with van der Waals surface area (Å²) in [6.45, 7) is 1.53. The summed E-state index contributed by atoms with van der Waals surface area (Å²) in [7, 11) is 1.42. The first kappa shape index (κ1) is 20.7. The summed E-state index contributed by atoms with van der Waals surface area (Å²) in [4.78, 5) is 26.9. The fourth-order valence-electron chi connectivity index (χ4n) is 3.19. The molecule has 0 radical (unpaired) electrons. The zero-order chi connectivity index (χ0) is 21.7. The van der Waals surface area contributed by atoms with E-state index in [-0.39, 0.29) is 17.1 Å². The van der Waals surface area contributed by atoms with Crippen molar-refractivity contribution in [1.82, 2.24) is 4.98 Å². The maximum Gasteiger partial charge on any atom is 0.341 e. The summed E-state index contributed by atoms with van der Waals surface area (Å²) in [6, 6.07) is 12.4. The molecule has 3 rings (SSSR count). The van der Waals surface area contributed by atoms with Gasteiger partial charge in [-0.15, -0.1) is 0 Å². The number of methoxy groups -OCH3 is 1. The first-order valence-corrected chi connectivity index (χ1v) is 9.26. The number of rotatable bonds is 8. The van der Waals surface area contributed by atoms with Crippen LogP contribution in [0.4, 0.5) is 0 Å². The molecule has 2 aromatic carbocycles. The van der Waals surface area contributed by atoms with Gasteiger partial charge in [0.2, 0.25) is 5.78 Å². The van der Waals surface area contributed by atoms with Crippen LogP contribution >= 0.6 is 0 Å². The number of H-pyrrole nitrogens is 1. The average Bonchev–Trinajstić information content (AvgIpc) is 3.20. The zero-order valence-electron chi connectivity index (χ0n) is 16.6. The van der Waals surface area contributed by atoms with Crippen LogP contribution in [0.3, 0.4) is 0 Å². The number of aromatic amines is 1. The maximum absolute atomic E-state index is 13.0. The van der Waals surface area contributed by atoms with Gasteiger partial charge in [-0.2, -0.15) is 5.26 Å². The largest absolute Gasteiger partial charge is 0.493 e. The lowest BCUT2D eigenvalue weighted by Crippen LogP contribution is -2.10. The molecule has 0 spiro atoms. The number of hydrogen-bond acceptors (Lipinski definition) is 5. The van der Waals surface area contributed by atoms with Crippen LogP contribution < -0.4 is 9.47 Å². The molecule has 3 aromatic rings. The summed E-state index contributed by atoms with van der Waals surface area (Å²) < 4.78 is 10.4. The molecule has 7 heteroatoms. The first-order chi connectivity index (χ1) is 14.5. The van der Waals surface area contributed by atoms with Crippen LogP contribution in [0.25, 0.3) is 17.0 Å². The molecule has 0 bridgehead atoms. The Balaban J connectivity index is 1.95. The number of ketones is 1. The van der Waals surface area contributed by atoms with Crippen molar-refractivity contribution in [2.45, 2.75) is 13.3 Å². The molecule has 30 heavy (non-hydrogen) atoms. The minimum Gasteiger partial charge on any atom is -0.493 e. The van der Waals surface area contributed by atoms with Crippen LogP contribution in [0.1, 0.15) is 28.4 Å². The Morgan fingerprint density at radius 1 is 1.23 bits per heavy atom. The van der Waals surface area contributed by atoms with Gasteiger partial charge < -0.3 is 19.6 Å². The van der Waals surface area contributed by atoms with E-state index in [1.807, 2.05) is 31.2 Å². The molecule has 0 aliphatic carbocycles. The first-order valence-electron chi connectivity index (χ1n) is 9.26. The topological polar surface area (TPSA) is 112 Å². The maximum atomic E-state index is 13.0. The predicted octanol–water partition coefficient (Wildman–Crippen LogP) is 3.99. The number of nitrogens with zero attached hydrogens (tertiary/aromatic N) is 1. The van der Waals surface area contributed by atoms with E-state index in [9.17, 15) is 14.9 Å². The number of para-hydroxylation sites is 1. The fourth-order valence-corrected chi connectivity index (χ4v) is 3.19. The SMILES string of the molecule is CCc1cccc2c(C(=O)/C(C#N)=C/c3ccc(OCC(=O)O)c(OC)c3)c[nH]c12. The van der Waals surface area contributed by atoms with Crippen LogP contribution in [-0.4, -0.2) is 35.6 Å². The molecule has 2 N–H and O–H groups in total. The fraction of sp³-hybridized carbons (Fsp3) is 0.174. The number of aliphatic carboxylic acids is 1. The van der Waals surface area contributed by atoms with Gasteiger partial charge in [0, 0.05) is 22.7 Å². The van der Waals surface area contributed by atoms with Gasteiger partial charge in [-0.1, -0.05) is 31.2 Å². The van der Waals surface area contributed by atoms with Crippen LogP contribution in [0, 0.1) is 11.3 Å². The lowest BCUT2D eigenvalue weighted by atomic mass is 9.99. The van der Waals surface area contributed by atoms with Crippen molar-refractivity contribution >= 4 is 28.7 Å². The second kappa shape index (κ2) is 8.97. The predicted molar refractivity (Wildman–Crippen MR) is 112 cm³/mol. The number of ether oxygens (including phenoxy) is 2. The average molecular weight is 404 g/mol. The third kappa shape index (κ3) is 4.18. The van der Waals surface area contributed by atoms with E-state index in [0.717, 1.165) is 22.9 Å². The molecule has 0 fully saturated rings. The lowest BCUT2D eigenvalue weighted by molar-refractivity contribution is -0.139. The van der Waals surface area contributed by atoms with Gasteiger partial charge >= 0.3 is 5.97 Å². The van der Waals surface area contributed by atoms with Gasteiger partial charge in [-0.05, 0) is 35.8 Å². The summed E-state index contributed by atoms with van der Waals surface area (Å²) in [6.07, 6.45) is 3.91. The third-order valence-electron chi connectivity index (χ3n) is 4.64. The Kier molecular flexibility index (Phi) is 6.18. The minimum atomic E-state index is -1.11. The van der Waals surface area contributed by atoms with Crippen molar-refractivity contribution in [2.75, 3.05) is 13.7 Å². The number of hydrogen-bond donors (Lipinski definition) is 2. The molecule has 0 saturated carbocycles. The number of benzene rings is 2. The molecule has 0 amide bonds. The second-order valence-corrected chi connectivity index (χ2v) is 6.49. The summed E-state index contributed by atoms with van der Waals surface area (Å²) in [5.74, 6) is -0.939. The highest BCUT2D eigenvalue weighted by Gasteiger charge is 2.18. The van der Waals surface area contributed by atoms with Crippen molar-refractivity contribution in [1.29, 1.82) is 5.26 Å². The Morgan fingerprint density at radius 3 is 2.70 bits per heavy atom. The smallest absolute Gasteiger partial charge is 0.341 e. The molecule has 0 saturated heterocycles. The van der Waals surface area contributed by atoms with Crippen LogP contribution in [0.15, 0.2) is 48.2 Å². The molecule has 0 unspecified atom stereocenters. The number of aryl methyl sites for hydroxylation is 1. The number of nitrogens with one attached hydrogen (secondary N) is 1. The normalized spacial score (nSPS) is 11.2. The van der Waals surface area contributed by atoms with Gasteiger partial charge in [-0.3, -0.25) is 4.79 Å². The quantitative estimate of drug-likeness (QED) is 0.333. The van der Waals surface area contributed by atoms with Gasteiger partial charge in [0.05, 0.1) is 7.11 Å². The highest BCUT2D eigenvalue weighted by Crippen LogP contribution is 2.30. The van der Waals surface area contributed by atoms with Crippen LogP contribution in [-0.2, 0) is 11.2 Å². The van der Waals surface area contributed by atoms with E-state index in [1.165, 1.54) is 19.3 Å². The Labute approximate surface area is 173 Å². The zero-order valence-corrected chi connectivity index (χ0v) is 16.6. The number of carboxylic acids is 1. The molecular formula is C23H20N2O5. The number of carboxylic acid groups (broad SMARTS) is 1. The highest BCUT2D eigenvalue weighted by molar-refractivity contribution is 6.20. The molecule has 1 heterocycles. The van der Waals surface area contributed by atoms with Gasteiger partial charge in [0.15, 0.2) is 18.1 Å². The second-order valence-electron chi connectivity index (χ2n) is 6.49. The van der Waals surface area contributed by atoms with Crippen LogP contribution in [0.5, 0.6) is 11.5 Å². The number of Topliss-reactive ketones (excluding diaryl/α,β-unsaturated/α-hetero) is 1.